The predicted octanol–water partition coefficient (Wildman–Crippen LogP) is -0.615. The van der Waals surface area contributed by atoms with Gasteiger partial charge in [-0.15, -0.1) is 0 Å². The Labute approximate surface area is 65.5 Å². The van der Waals surface area contributed by atoms with Crippen LogP contribution < -0.4 is 0 Å². The van der Waals surface area contributed by atoms with Crippen molar-refractivity contribution in [2.75, 3.05) is 26.4 Å². The van der Waals surface area contributed by atoms with Crippen molar-refractivity contribution >= 4 is 29.6 Å². The zero-order chi connectivity index (χ0) is 4.24. The Balaban J connectivity index is 0.000000360. The van der Waals surface area contributed by atoms with Gasteiger partial charge in [0.1, 0.15) is 0 Å². The molecular formula is C4H9NaO2. The van der Waals surface area contributed by atoms with Gasteiger partial charge in [-0.1, -0.05) is 0 Å². The number of rotatable bonds is 0. The van der Waals surface area contributed by atoms with Crippen molar-refractivity contribution in [3.8, 4) is 0 Å². The molecule has 0 aliphatic carbocycles. The molecule has 0 saturated carbocycles. The normalized spacial score (nSPS) is 20.6. The third kappa shape index (κ3) is 3.50. The van der Waals surface area contributed by atoms with E-state index in [0.29, 0.717) is 0 Å². The van der Waals surface area contributed by atoms with Crippen LogP contribution in [0.2, 0.25) is 0 Å². The molecule has 0 aromatic carbocycles. The second kappa shape index (κ2) is 5.06. The average molecular weight is 112 g/mol. The maximum atomic E-state index is 4.94. The summed E-state index contributed by atoms with van der Waals surface area (Å²) in [7, 11) is 0. The first kappa shape index (κ1) is 7.92. The quantitative estimate of drug-likeness (QED) is 0.389. The van der Waals surface area contributed by atoms with Gasteiger partial charge in [-0.05, 0) is 0 Å². The zero-order valence-corrected chi connectivity index (χ0v) is 3.64. The summed E-state index contributed by atoms with van der Waals surface area (Å²) in [6.07, 6.45) is 0. The van der Waals surface area contributed by atoms with E-state index in [4.69, 9.17) is 9.47 Å². The summed E-state index contributed by atoms with van der Waals surface area (Å²) in [5, 5.41) is 0. The van der Waals surface area contributed by atoms with Crippen LogP contribution in [-0.4, -0.2) is 56.0 Å². The van der Waals surface area contributed by atoms with Crippen LogP contribution in [0.25, 0.3) is 0 Å². The van der Waals surface area contributed by atoms with Crippen LogP contribution in [0.1, 0.15) is 0 Å². The SMILES string of the molecule is C1COCCO1.[NaH]. The topological polar surface area (TPSA) is 18.5 Å². The van der Waals surface area contributed by atoms with Crippen LogP contribution in [0.3, 0.4) is 0 Å². The molecule has 38 valence electrons. The van der Waals surface area contributed by atoms with E-state index in [1.54, 1.807) is 0 Å². The van der Waals surface area contributed by atoms with Gasteiger partial charge in [-0.25, -0.2) is 0 Å². The van der Waals surface area contributed by atoms with Crippen molar-refractivity contribution in [2.24, 2.45) is 0 Å². The molecule has 1 fully saturated rings. The van der Waals surface area contributed by atoms with E-state index >= 15 is 0 Å². The van der Waals surface area contributed by atoms with Gasteiger partial charge in [0.05, 0.1) is 26.4 Å². The van der Waals surface area contributed by atoms with Crippen LogP contribution in [0, 0.1) is 0 Å². The van der Waals surface area contributed by atoms with Crippen LogP contribution in [0.4, 0.5) is 0 Å². The molecule has 1 aliphatic rings. The molecule has 1 heterocycles. The number of hydrogen-bond donors (Lipinski definition) is 0. The molecule has 7 heavy (non-hydrogen) atoms. The Hall–Kier alpha value is 0.920. The van der Waals surface area contributed by atoms with Gasteiger partial charge in [0.15, 0.2) is 0 Å². The van der Waals surface area contributed by atoms with Crippen LogP contribution in [-0.2, 0) is 9.47 Å². The second-order valence-electron chi connectivity index (χ2n) is 1.22. The minimum atomic E-state index is 0. The molecule has 3 heteroatoms. The molecule has 0 radical (unpaired) electrons. The van der Waals surface area contributed by atoms with E-state index in [1.807, 2.05) is 0 Å². The Morgan fingerprint density at radius 1 is 0.714 bits per heavy atom. The van der Waals surface area contributed by atoms with E-state index in [1.165, 1.54) is 0 Å². The molecule has 0 amide bonds. The molecule has 0 atom stereocenters. The molecule has 0 bridgehead atoms. The van der Waals surface area contributed by atoms with Crippen molar-refractivity contribution in [3.63, 3.8) is 0 Å². The van der Waals surface area contributed by atoms with Crippen molar-refractivity contribution in [3.05, 3.63) is 0 Å². The zero-order valence-electron chi connectivity index (χ0n) is 3.64. The first-order valence-corrected chi connectivity index (χ1v) is 2.15. The fraction of sp³-hybridized carbons (Fsp3) is 1.00. The number of hydrogen-bond acceptors (Lipinski definition) is 2. The van der Waals surface area contributed by atoms with Gasteiger partial charge in [0.2, 0.25) is 0 Å². The summed E-state index contributed by atoms with van der Waals surface area (Å²) < 4.78 is 9.89. The van der Waals surface area contributed by atoms with Crippen molar-refractivity contribution in [1.82, 2.24) is 0 Å². The summed E-state index contributed by atoms with van der Waals surface area (Å²) in [5.74, 6) is 0. The minimum absolute atomic E-state index is 0. The maximum absolute atomic E-state index is 4.94. The molecule has 0 aromatic heterocycles. The molecular weight excluding hydrogens is 103 g/mol. The Kier molecular flexibility index (Phi) is 5.73. The Morgan fingerprint density at radius 3 is 1.14 bits per heavy atom. The van der Waals surface area contributed by atoms with E-state index in [0.717, 1.165) is 26.4 Å². The first-order chi connectivity index (χ1) is 3.00. The fourth-order valence-corrected chi connectivity index (χ4v) is 0.440. The van der Waals surface area contributed by atoms with Gasteiger partial charge in [-0.3, -0.25) is 0 Å². The molecule has 2 nitrogen and oxygen atoms in total. The molecule has 0 N–H and O–H groups in total. The van der Waals surface area contributed by atoms with Crippen LogP contribution in [0.15, 0.2) is 0 Å². The van der Waals surface area contributed by atoms with Crippen molar-refractivity contribution < 1.29 is 9.47 Å². The van der Waals surface area contributed by atoms with Crippen molar-refractivity contribution in [1.29, 1.82) is 0 Å². The number of ether oxygens (including phenoxy) is 2. The standard InChI is InChI=1S/C4H8O2.Na.H/c1-2-6-4-3-5-1;;/h1-4H2;;. The second-order valence-corrected chi connectivity index (χ2v) is 1.22. The van der Waals surface area contributed by atoms with Gasteiger partial charge in [-0.2, -0.15) is 0 Å². The Bertz CT molecular complexity index is 25.2. The molecule has 0 unspecified atom stereocenters. The first-order valence-electron chi connectivity index (χ1n) is 2.15. The van der Waals surface area contributed by atoms with E-state index in [9.17, 15) is 0 Å². The van der Waals surface area contributed by atoms with E-state index < -0.39 is 0 Å². The van der Waals surface area contributed by atoms with Crippen LogP contribution in [0.5, 0.6) is 0 Å². The van der Waals surface area contributed by atoms with Gasteiger partial charge >= 0.3 is 29.6 Å². The average Bonchev–Trinajstić information content (AvgIpc) is 1.72. The molecule has 0 spiro atoms. The van der Waals surface area contributed by atoms with Gasteiger partial charge < -0.3 is 9.47 Å². The summed E-state index contributed by atoms with van der Waals surface area (Å²) >= 11 is 0. The van der Waals surface area contributed by atoms with Gasteiger partial charge in [0.25, 0.3) is 0 Å². The fourth-order valence-electron chi connectivity index (χ4n) is 0.440. The molecule has 1 aliphatic heterocycles. The van der Waals surface area contributed by atoms with Crippen molar-refractivity contribution in [2.45, 2.75) is 0 Å². The Morgan fingerprint density at radius 2 is 1.00 bits per heavy atom. The van der Waals surface area contributed by atoms with E-state index in [2.05, 4.69) is 0 Å². The summed E-state index contributed by atoms with van der Waals surface area (Å²) in [4.78, 5) is 0. The summed E-state index contributed by atoms with van der Waals surface area (Å²) in [6.45, 7) is 3.11. The monoisotopic (exact) mass is 112 g/mol. The van der Waals surface area contributed by atoms with Crippen LogP contribution >= 0.6 is 0 Å². The van der Waals surface area contributed by atoms with E-state index in [-0.39, 0.29) is 29.6 Å². The summed E-state index contributed by atoms with van der Waals surface area (Å²) in [5.41, 5.74) is 0. The molecule has 1 saturated heterocycles. The predicted molar refractivity (Wildman–Crippen MR) is 28.8 cm³/mol. The molecule has 1 rings (SSSR count). The molecule has 0 aromatic rings. The summed E-state index contributed by atoms with van der Waals surface area (Å²) in [6, 6.07) is 0. The third-order valence-electron chi connectivity index (χ3n) is 0.744. The van der Waals surface area contributed by atoms with Gasteiger partial charge in [0, 0.05) is 0 Å². The third-order valence-corrected chi connectivity index (χ3v) is 0.744.